The number of aromatic nitrogens is 2. The number of nitro groups is 1. The van der Waals surface area contributed by atoms with Crippen molar-refractivity contribution >= 4 is 28.9 Å². The first kappa shape index (κ1) is 24.7. The van der Waals surface area contributed by atoms with E-state index in [4.69, 9.17) is 20.8 Å². The molecule has 4 aromatic rings. The van der Waals surface area contributed by atoms with Gasteiger partial charge in [-0.3, -0.25) is 19.6 Å². The number of benzene rings is 2. The number of nitrogens with one attached hydrogen (secondary N) is 1. The molecule has 0 spiro atoms. The van der Waals surface area contributed by atoms with Crippen molar-refractivity contribution in [1.82, 2.24) is 9.78 Å². The van der Waals surface area contributed by atoms with E-state index in [1.54, 1.807) is 0 Å². The SMILES string of the molecule is O=C(Nc1cnn(Cc2c(F)cc(F)c(F)c2F)c1)c1ccc(COc2ccc([N+](=O)[O-])cc2Cl)o1. The second-order valence-electron chi connectivity index (χ2n) is 7.25. The number of furan rings is 1. The normalized spacial score (nSPS) is 10.9. The zero-order chi connectivity index (χ0) is 26.0. The predicted molar refractivity (Wildman–Crippen MR) is 117 cm³/mol. The van der Waals surface area contributed by atoms with Crippen LogP contribution in [0.5, 0.6) is 5.75 Å². The summed E-state index contributed by atoms with van der Waals surface area (Å²) in [5.41, 5.74) is -0.804. The smallest absolute Gasteiger partial charge is 0.291 e. The molecule has 36 heavy (non-hydrogen) atoms. The highest BCUT2D eigenvalue weighted by molar-refractivity contribution is 6.32. The van der Waals surface area contributed by atoms with Gasteiger partial charge in [0.2, 0.25) is 0 Å². The molecule has 186 valence electrons. The van der Waals surface area contributed by atoms with Gasteiger partial charge in [0, 0.05) is 30.0 Å². The van der Waals surface area contributed by atoms with Gasteiger partial charge in [0.25, 0.3) is 11.6 Å². The van der Waals surface area contributed by atoms with Crippen LogP contribution in [0.25, 0.3) is 0 Å². The third-order valence-electron chi connectivity index (χ3n) is 4.80. The number of ether oxygens (including phenoxy) is 1. The number of halogens is 5. The highest BCUT2D eigenvalue weighted by atomic mass is 35.5. The van der Waals surface area contributed by atoms with Crippen molar-refractivity contribution in [2.45, 2.75) is 13.2 Å². The molecular weight excluding hydrogens is 512 g/mol. The van der Waals surface area contributed by atoms with Crippen molar-refractivity contribution in [1.29, 1.82) is 0 Å². The Morgan fingerprint density at radius 1 is 1.14 bits per heavy atom. The minimum Gasteiger partial charge on any atom is -0.484 e. The van der Waals surface area contributed by atoms with Crippen LogP contribution in [0.4, 0.5) is 28.9 Å². The summed E-state index contributed by atoms with van der Waals surface area (Å²) in [6.45, 7) is -0.688. The Labute approximate surface area is 204 Å². The van der Waals surface area contributed by atoms with Crippen molar-refractivity contribution in [2.24, 2.45) is 0 Å². The van der Waals surface area contributed by atoms with Gasteiger partial charge in [0.05, 0.1) is 28.4 Å². The van der Waals surface area contributed by atoms with Gasteiger partial charge < -0.3 is 14.5 Å². The molecule has 1 amide bonds. The zero-order valence-electron chi connectivity index (χ0n) is 17.8. The van der Waals surface area contributed by atoms with Crippen LogP contribution in [0.2, 0.25) is 5.02 Å². The lowest BCUT2D eigenvalue weighted by Crippen LogP contribution is -2.11. The summed E-state index contributed by atoms with van der Waals surface area (Å²) in [6.07, 6.45) is 2.40. The van der Waals surface area contributed by atoms with Crippen LogP contribution in [0.15, 0.2) is 53.2 Å². The first-order chi connectivity index (χ1) is 17.1. The molecule has 2 aromatic heterocycles. The number of carbonyl (C=O) groups excluding carboxylic acids is 1. The summed E-state index contributed by atoms with van der Waals surface area (Å²) in [6, 6.07) is 6.74. The molecule has 0 aliphatic carbocycles. The first-order valence-corrected chi connectivity index (χ1v) is 10.3. The Morgan fingerprint density at radius 3 is 2.64 bits per heavy atom. The quantitative estimate of drug-likeness (QED) is 0.107. The monoisotopic (exact) mass is 524 g/mol. The van der Waals surface area contributed by atoms with Gasteiger partial charge in [-0.25, -0.2) is 17.6 Å². The van der Waals surface area contributed by atoms with Crippen molar-refractivity contribution in [2.75, 3.05) is 5.32 Å². The minimum absolute atomic E-state index is 0.0221. The van der Waals surface area contributed by atoms with Gasteiger partial charge in [-0.1, -0.05) is 11.6 Å². The van der Waals surface area contributed by atoms with E-state index in [0.29, 0.717) is 0 Å². The van der Waals surface area contributed by atoms with E-state index in [-0.39, 0.29) is 46.3 Å². The molecule has 0 aliphatic heterocycles. The molecule has 0 fully saturated rings. The van der Waals surface area contributed by atoms with Gasteiger partial charge in [-0.2, -0.15) is 5.10 Å². The van der Waals surface area contributed by atoms with Crippen LogP contribution in [-0.4, -0.2) is 20.6 Å². The highest BCUT2D eigenvalue weighted by Crippen LogP contribution is 2.29. The molecule has 0 unspecified atom stereocenters. The summed E-state index contributed by atoms with van der Waals surface area (Å²) in [4.78, 5) is 22.6. The zero-order valence-corrected chi connectivity index (χ0v) is 18.6. The van der Waals surface area contributed by atoms with E-state index in [1.165, 1.54) is 36.7 Å². The van der Waals surface area contributed by atoms with Gasteiger partial charge in [0.15, 0.2) is 23.2 Å². The first-order valence-electron chi connectivity index (χ1n) is 9.93. The van der Waals surface area contributed by atoms with Crippen molar-refractivity contribution in [3.63, 3.8) is 0 Å². The molecule has 0 atom stereocenters. The molecule has 1 N–H and O–H groups in total. The highest BCUT2D eigenvalue weighted by Gasteiger charge is 2.20. The second kappa shape index (κ2) is 10.1. The van der Waals surface area contributed by atoms with E-state index in [0.717, 1.165) is 10.7 Å². The Hall–Kier alpha value is -4.39. The van der Waals surface area contributed by atoms with E-state index in [2.05, 4.69) is 10.4 Å². The Balaban J connectivity index is 1.37. The van der Waals surface area contributed by atoms with Crippen molar-refractivity contribution in [3.05, 3.63) is 104 Å². The van der Waals surface area contributed by atoms with E-state index in [9.17, 15) is 32.5 Å². The number of non-ortho nitro benzene ring substituents is 1. The number of nitrogens with zero attached hydrogens (tertiary/aromatic N) is 3. The van der Waals surface area contributed by atoms with Gasteiger partial charge in [-0.15, -0.1) is 0 Å². The fourth-order valence-corrected chi connectivity index (χ4v) is 3.29. The summed E-state index contributed by atoms with van der Waals surface area (Å²) in [5.74, 6) is -6.78. The molecule has 0 bridgehead atoms. The lowest BCUT2D eigenvalue weighted by molar-refractivity contribution is -0.384. The van der Waals surface area contributed by atoms with E-state index < -0.39 is 46.2 Å². The average Bonchev–Trinajstić information content (AvgIpc) is 3.49. The van der Waals surface area contributed by atoms with Crippen molar-refractivity contribution < 1.29 is 36.4 Å². The third kappa shape index (κ3) is 5.30. The lowest BCUT2D eigenvalue weighted by atomic mass is 10.2. The standard InChI is InChI=1S/C22H13ClF4N4O5/c23-15-5-12(31(33)34)1-3-18(15)35-10-13-2-4-19(36-13)22(32)29-11-7-28-30(8-11)9-14-16(24)6-17(25)21(27)20(14)26/h1-8H,9-10H2,(H,29,32). The number of hydrogen-bond acceptors (Lipinski definition) is 6. The van der Waals surface area contributed by atoms with Crippen molar-refractivity contribution in [3.8, 4) is 5.75 Å². The Bertz CT molecular complexity index is 1470. The largest absolute Gasteiger partial charge is 0.484 e. The Morgan fingerprint density at radius 2 is 1.92 bits per heavy atom. The molecule has 9 nitrogen and oxygen atoms in total. The molecule has 0 saturated carbocycles. The van der Waals surface area contributed by atoms with Gasteiger partial charge >= 0.3 is 0 Å². The fourth-order valence-electron chi connectivity index (χ4n) is 3.06. The number of hydrogen-bond donors (Lipinski definition) is 1. The van der Waals surface area contributed by atoms with Crippen LogP contribution >= 0.6 is 11.6 Å². The van der Waals surface area contributed by atoms with E-state index >= 15 is 0 Å². The predicted octanol–water partition coefficient (Wildman–Crippen LogP) is 5.47. The van der Waals surface area contributed by atoms with Crippen LogP contribution in [-0.2, 0) is 13.2 Å². The van der Waals surface area contributed by atoms with Crippen LogP contribution in [0.1, 0.15) is 21.9 Å². The number of nitro benzene ring substituents is 1. The molecule has 0 radical (unpaired) electrons. The molecule has 2 aromatic carbocycles. The number of amides is 1. The fraction of sp³-hybridized carbons (Fsp3) is 0.0909. The molecular formula is C22H13ClF4N4O5. The second-order valence-corrected chi connectivity index (χ2v) is 7.66. The number of rotatable bonds is 8. The number of carbonyl (C=O) groups is 1. The summed E-state index contributed by atoms with van der Waals surface area (Å²) < 4.78 is 66.1. The van der Waals surface area contributed by atoms with E-state index in [1.807, 2.05) is 0 Å². The van der Waals surface area contributed by atoms with Crippen LogP contribution in [0.3, 0.4) is 0 Å². The number of anilines is 1. The lowest BCUT2D eigenvalue weighted by Gasteiger charge is -2.07. The average molecular weight is 525 g/mol. The summed E-state index contributed by atoms with van der Waals surface area (Å²) in [7, 11) is 0. The molecule has 14 heteroatoms. The minimum atomic E-state index is -1.81. The van der Waals surface area contributed by atoms with Crippen LogP contribution < -0.4 is 10.1 Å². The van der Waals surface area contributed by atoms with Gasteiger partial charge in [0.1, 0.15) is 23.9 Å². The van der Waals surface area contributed by atoms with Crippen LogP contribution in [0, 0.1) is 33.4 Å². The maximum Gasteiger partial charge on any atom is 0.291 e. The topological polar surface area (TPSA) is 112 Å². The maximum absolute atomic E-state index is 13.9. The van der Waals surface area contributed by atoms with Gasteiger partial charge in [-0.05, 0) is 18.2 Å². The summed E-state index contributed by atoms with van der Waals surface area (Å²) in [5, 5.41) is 17.1. The molecule has 2 heterocycles. The maximum atomic E-state index is 13.9. The third-order valence-corrected chi connectivity index (χ3v) is 5.10. The molecule has 0 aliphatic rings. The molecule has 4 rings (SSSR count). The molecule has 0 saturated heterocycles. The summed E-state index contributed by atoms with van der Waals surface area (Å²) >= 11 is 5.96. The Kier molecular flexibility index (Phi) is 6.92.